The molecule has 3 heteroatoms. The van der Waals surface area contributed by atoms with E-state index in [0.29, 0.717) is 0 Å². The van der Waals surface area contributed by atoms with E-state index in [1.807, 2.05) is 0 Å². The first-order valence-corrected chi connectivity index (χ1v) is 3.53. The lowest BCUT2D eigenvalue weighted by Crippen LogP contribution is -3.08. The maximum atomic E-state index is 8.89. The minimum absolute atomic E-state index is 0.972. The third-order valence-electron chi connectivity index (χ3n) is 1.21. The monoisotopic (exact) mass is 147 g/mol. The van der Waals surface area contributed by atoms with Crippen LogP contribution in [0, 0.1) is 0 Å². The fourth-order valence-electron chi connectivity index (χ4n) is 0.250. The van der Waals surface area contributed by atoms with E-state index < -0.39 is 5.97 Å². The molecule has 0 aromatic heterocycles. The highest BCUT2D eigenvalue weighted by atomic mass is 16.4. The molecule has 1 N–H and O–H groups in total. The van der Waals surface area contributed by atoms with Crippen LogP contribution in [0.3, 0.4) is 0 Å². The van der Waals surface area contributed by atoms with Gasteiger partial charge in [-0.1, -0.05) is 0 Å². The number of hydrogen-bond donors (Lipinski definition) is 1. The van der Waals surface area contributed by atoms with Gasteiger partial charge in [0.2, 0.25) is 0 Å². The zero-order valence-electron chi connectivity index (χ0n) is 7.23. The molecule has 0 spiro atoms. The molecule has 0 saturated carbocycles. The molecule has 62 valence electrons. The fraction of sp³-hybridized carbons (Fsp3) is 0.857. The van der Waals surface area contributed by atoms with Crippen LogP contribution in [0.1, 0.15) is 20.8 Å². The molecule has 0 fully saturated rings. The molecule has 0 amide bonds. The molecular formula is C7H17NO2. The second kappa shape index (κ2) is 8.43. The summed E-state index contributed by atoms with van der Waals surface area (Å²) < 4.78 is 0. The van der Waals surface area contributed by atoms with Gasteiger partial charge in [0.25, 0.3) is 0 Å². The van der Waals surface area contributed by atoms with Crippen molar-refractivity contribution in [3.8, 4) is 0 Å². The lowest BCUT2D eigenvalue weighted by atomic mass is 10.6. The summed E-state index contributed by atoms with van der Waals surface area (Å²) in [5.74, 6) is -1.08. The van der Waals surface area contributed by atoms with Crippen LogP contribution in [0.15, 0.2) is 0 Å². The van der Waals surface area contributed by atoms with Crippen molar-refractivity contribution in [2.24, 2.45) is 0 Å². The molecule has 0 aromatic rings. The highest BCUT2D eigenvalue weighted by Gasteiger charge is 1.85. The van der Waals surface area contributed by atoms with Crippen LogP contribution in [0.25, 0.3) is 0 Å². The largest absolute Gasteiger partial charge is 0.550 e. The third kappa shape index (κ3) is 26.1. The molecule has 0 aliphatic rings. The Bertz CT molecular complexity index is 75.7. The first-order valence-electron chi connectivity index (χ1n) is 3.53. The Morgan fingerprint density at radius 2 is 1.60 bits per heavy atom. The normalized spacial score (nSPS) is 8.50. The Morgan fingerprint density at radius 1 is 1.40 bits per heavy atom. The number of carboxylic acid groups (broad SMARTS) is 1. The van der Waals surface area contributed by atoms with E-state index in [0.717, 1.165) is 6.92 Å². The number of nitrogens with one attached hydrogen (secondary N) is 1. The van der Waals surface area contributed by atoms with Crippen molar-refractivity contribution in [2.45, 2.75) is 20.8 Å². The SMILES string of the molecule is CC(=O)[O-].CC[NH+](C)CC. The van der Waals surface area contributed by atoms with Gasteiger partial charge >= 0.3 is 0 Å². The van der Waals surface area contributed by atoms with Gasteiger partial charge in [0, 0.05) is 5.97 Å². The highest BCUT2D eigenvalue weighted by Crippen LogP contribution is 1.37. The van der Waals surface area contributed by atoms with E-state index in [4.69, 9.17) is 9.90 Å². The molecule has 10 heavy (non-hydrogen) atoms. The van der Waals surface area contributed by atoms with Crippen molar-refractivity contribution >= 4 is 5.97 Å². The lowest BCUT2D eigenvalue weighted by molar-refractivity contribution is -0.875. The van der Waals surface area contributed by atoms with Gasteiger partial charge in [0.1, 0.15) is 0 Å². The molecule has 0 radical (unpaired) electrons. The van der Waals surface area contributed by atoms with E-state index in [1.165, 1.54) is 13.1 Å². The predicted molar refractivity (Wildman–Crippen MR) is 38.6 cm³/mol. The molecule has 0 rings (SSSR count). The zero-order valence-corrected chi connectivity index (χ0v) is 7.23. The Labute approximate surface area is 62.7 Å². The minimum Gasteiger partial charge on any atom is -0.550 e. The fourth-order valence-corrected chi connectivity index (χ4v) is 0.250. The van der Waals surface area contributed by atoms with E-state index in [9.17, 15) is 0 Å². The van der Waals surface area contributed by atoms with Crippen LogP contribution in [-0.2, 0) is 4.79 Å². The summed E-state index contributed by atoms with van der Waals surface area (Å²) in [4.78, 5) is 10.5. The predicted octanol–water partition coefficient (Wildman–Crippen LogP) is -1.70. The summed E-state index contributed by atoms with van der Waals surface area (Å²) in [7, 11) is 2.19. The molecule has 0 heterocycles. The van der Waals surface area contributed by atoms with Gasteiger partial charge in [-0.2, -0.15) is 0 Å². The summed E-state index contributed by atoms with van der Waals surface area (Å²) in [6.07, 6.45) is 0. The van der Waals surface area contributed by atoms with E-state index in [1.54, 1.807) is 4.90 Å². The van der Waals surface area contributed by atoms with Crippen molar-refractivity contribution in [3.05, 3.63) is 0 Å². The first kappa shape index (κ1) is 12.1. The molecule has 0 aromatic carbocycles. The summed E-state index contributed by atoms with van der Waals surface area (Å²) in [6.45, 7) is 7.85. The number of rotatable bonds is 2. The van der Waals surface area contributed by atoms with Gasteiger partial charge in [-0.3, -0.25) is 0 Å². The highest BCUT2D eigenvalue weighted by molar-refractivity contribution is 5.60. The topological polar surface area (TPSA) is 44.6 Å². The Hall–Kier alpha value is -0.570. The van der Waals surface area contributed by atoms with E-state index >= 15 is 0 Å². The second-order valence-corrected chi connectivity index (χ2v) is 2.16. The van der Waals surface area contributed by atoms with Gasteiger partial charge < -0.3 is 14.8 Å². The third-order valence-corrected chi connectivity index (χ3v) is 1.21. The molecule has 3 nitrogen and oxygen atoms in total. The molecule has 0 unspecified atom stereocenters. The van der Waals surface area contributed by atoms with Crippen molar-refractivity contribution in [1.29, 1.82) is 0 Å². The van der Waals surface area contributed by atoms with Crippen LogP contribution in [0.2, 0.25) is 0 Å². The molecule has 0 aliphatic carbocycles. The first-order chi connectivity index (χ1) is 4.54. The average molecular weight is 147 g/mol. The smallest absolute Gasteiger partial charge is 0.0740 e. The van der Waals surface area contributed by atoms with Gasteiger partial charge in [0.05, 0.1) is 20.1 Å². The van der Waals surface area contributed by atoms with Crippen molar-refractivity contribution in [2.75, 3.05) is 20.1 Å². The quantitative estimate of drug-likeness (QED) is 0.506. The maximum Gasteiger partial charge on any atom is 0.0740 e. The van der Waals surface area contributed by atoms with E-state index in [2.05, 4.69) is 20.9 Å². The van der Waals surface area contributed by atoms with Crippen molar-refractivity contribution in [3.63, 3.8) is 0 Å². The summed E-state index contributed by atoms with van der Waals surface area (Å²) in [5, 5.41) is 8.89. The van der Waals surface area contributed by atoms with Crippen LogP contribution < -0.4 is 10.0 Å². The standard InChI is InChI=1S/C5H13N.C2H4O2/c1-4-6(3)5-2;1-2(3)4/h4-5H2,1-3H3;1H3,(H,3,4). The number of hydrogen-bond acceptors (Lipinski definition) is 2. The molecule has 0 atom stereocenters. The molecule has 0 aliphatic heterocycles. The summed E-state index contributed by atoms with van der Waals surface area (Å²) in [5.41, 5.74) is 0. The zero-order chi connectivity index (χ0) is 8.57. The van der Waals surface area contributed by atoms with Gasteiger partial charge in [-0.05, 0) is 20.8 Å². The minimum atomic E-state index is -1.08. The van der Waals surface area contributed by atoms with Crippen molar-refractivity contribution in [1.82, 2.24) is 0 Å². The average Bonchev–Trinajstić information content (AvgIpc) is 1.85. The molecule has 0 bridgehead atoms. The number of quaternary nitrogens is 1. The van der Waals surface area contributed by atoms with Gasteiger partial charge in [0.15, 0.2) is 0 Å². The van der Waals surface area contributed by atoms with Crippen LogP contribution in [0.5, 0.6) is 0 Å². The van der Waals surface area contributed by atoms with Gasteiger partial charge in [-0.15, -0.1) is 0 Å². The lowest BCUT2D eigenvalue weighted by Gasteiger charge is -2.04. The maximum absolute atomic E-state index is 8.89. The number of carboxylic acids is 1. The van der Waals surface area contributed by atoms with E-state index in [-0.39, 0.29) is 0 Å². The molecular weight excluding hydrogens is 130 g/mol. The number of carbonyl (C=O) groups excluding carboxylic acids is 1. The Kier molecular flexibility index (Phi) is 10.2. The van der Waals surface area contributed by atoms with Crippen molar-refractivity contribution < 1.29 is 14.8 Å². The van der Waals surface area contributed by atoms with Gasteiger partial charge in [-0.25, -0.2) is 0 Å². The number of carbonyl (C=O) groups is 1. The van der Waals surface area contributed by atoms with Crippen LogP contribution in [0.4, 0.5) is 0 Å². The second-order valence-electron chi connectivity index (χ2n) is 2.16. The summed E-state index contributed by atoms with van der Waals surface area (Å²) >= 11 is 0. The summed E-state index contributed by atoms with van der Waals surface area (Å²) in [6, 6.07) is 0. The Balaban J connectivity index is 0. The number of aliphatic carboxylic acids is 1. The molecule has 0 saturated heterocycles. The van der Waals surface area contributed by atoms with Crippen LogP contribution >= 0.6 is 0 Å². The Morgan fingerprint density at radius 3 is 1.60 bits per heavy atom. The van der Waals surface area contributed by atoms with Crippen LogP contribution in [-0.4, -0.2) is 26.1 Å².